The molecule has 102 valence electrons. The van der Waals surface area contributed by atoms with Gasteiger partial charge in [0.2, 0.25) is 0 Å². The first kappa shape index (κ1) is 13.3. The van der Waals surface area contributed by atoms with Crippen molar-refractivity contribution in [2.75, 3.05) is 12.4 Å². The van der Waals surface area contributed by atoms with E-state index in [-0.39, 0.29) is 0 Å². The van der Waals surface area contributed by atoms with E-state index in [1.165, 1.54) is 4.70 Å². The van der Waals surface area contributed by atoms with Gasteiger partial charge in [-0.15, -0.1) is 11.3 Å². The summed E-state index contributed by atoms with van der Waals surface area (Å²) in [6.07, 6.45) is 0. The van der Waals surface area contributed by atoms with Crippen molar-refractivity contribution in [1.82, 2.24) is 0 Å². The number of fused-ring (bicyclic) bond motifs is 1. The molecule has 2 nitrogen and oxygen atoms in total. The maximum absolute atomic E-state index is 6.42. The third kappa shape index (κ3) is 2.60. The van der Waals surface area contributed by atoms with Crippen molar-refractivity contribution in [3.8, 4) is 5.75 Å². The van der Waals surface area contributed by atoms with Crippen LogP contribution < -0.4 is 10.1 Å². The molecule has 0 radical (unpaired) electrons. The molecule has 0 fully saturated rings. The third-order valence-corrected chi connectivity index (χ3v) is 4.86. The Balaban J connectivity index is 1.77. The van der Waals surface area contributed by atoms with Crippen LogP contribution in [0.15, 0.2) is 48.5 Å². The largest absolute Gasteiger partial charge is 0.497 e. The van der Waals surface area contributed by atoms with Gasteiger partial charge >= 0.3 is 0 Å². The zero-order chi connectivity index (χ0) is 13.9. The van der Waals surface area contributed by atoms with E-state index >= 15 is 0 Å². The zero-order valence-electron chi connectivity index (χ0n) is 11.0. The lowest BCUT2D eigenvalue weighted by molar-refractivity contribution is 0.415. The van der Waals surface area contributed by atoms with Crippen LogP contribution in [0.5, 0.6) is 5.75 Å². The SMILES string of the molecule is COc1ccc(NCc2sc3ccccc3c2Cl)cc1. The minimum Gasteiger partial charge on any atom is -0.497 e. The summed E-state index contributed by atoms with van der Waals surface area (Å²) in [5.74, 6) is 0.857. The van der Waals surface area contributed by atoms with Crippen molar-refractivity contribution in [1.29, 1.82) is 0 Å². The molecule has 20 heavy (non-hydrogen) atoms. The molecular weight excluding hydrogens is 290 g/mol. The number of thiophene rings is 1. The minimum absolute atomic E-state index is 0.727. The second kappa shape index (κ2) is 5.73. The van der Waals surface area contributed by atoms with Crippen molar-refractivity contribution in [2.24, 2.45) is 0 Å². The highest BCUT2D eigenvalue weighted by Gasteiger charge is 2.09. The van der Waals surface area contributed by atoms with E-state index in [9.17, 15) is 0 Å². The minimum atomic E-state index is 0.727. The molecule has 0 aliphatic rings. The topological polar surface area (TPSA) is 21.3 Å². The van der Waals surface area contributed by atoms with Crippen molar-refractivity contribution in [3.05, 3.63) is 58.4 Å². The van der Waals surface area contributed by atoms with Crippen molar-refractivity contribution in [2.45, 2.75) is 6.54 Å². The molecule has 0 saturated heterocycles. The maximum atomic E-state index is 6.42. The molecule has 3 aromatic rings. The quantitative estimate of drug-likeness (QED) is 0.717. The zero-order valence-corrected chi connectivity index (χ0v) is 12.6. The summed E-state index contributed by atoms with van der Waals surface area (Å²) in [5, 5.41) is 5.37. The number of hydrogen-bond donors (Lipinski definition) is 1. The Hall–Kier alpha value is -1.71. The number of rotatable bonds is 4. The lowest BCUT2D eigenvalue weighted by Gasteiger charge is -2.06. The van der Waals surface area contributed by atoms with E-state index in [4.69, 9.17) is 16.3 Å². The standard InChI is InChI=1S/C16H14ClNOS/c1-19-12-8-6-11(7-9-12)18-10-15-16(17)13-4-2-3-5-14(13)20-15/h2-9,18H,10H2,1H3. The second-order valence-corrected chi connectivity index (χ2v) is 5.93. The fraction of sp³-hybridized carbons (Fsp3) is 0.125. The molecule has 1 heterocycles. The first-order valence-electron chi connectivity index (χ1n) is 6.32. The highest BCUT2D eigenvalue weighted by atomic mass is 35.5. The molecule has 1 N–H and O–H groups in total. The molecule has 0 spiro atoms. The number of halogens is 1. The van der Waals surface area contributed by atoms with Crippen LogP contribution in [0.2, 0.25) is 5.02 Å². The molecule has 0 aliphatic heterocycles. The molecular formula is C16H14ClNOS. The molecule has 1 aromatic heterocycles. The number of nitrogens with one attached hydrogen (secondary N) is 1. The maximum Gasteiger partial charge on any atom is 0.119 e. The van der Waals surface area contributed by atoms with Crippen molar-refractivity contribution < 1.29 is 4.74 Å². The smallest absolute Gasteiger partial charge is 0.119 e. The lowest BCUT2D eigenvalue weighted by atomic mass is 10.2. The van der Waals surface area contributed by atoms with Gasteiger partial charge in [-0.1, -0.05) is 29.8 Å². The molecule has 3 rings (SSSR count). The molecule has 0 aliphatic carbocycles. The molecule has 0 saturated carbocycles. The summed E-state index contributed by atoms with van der Waals surface area (Å²) in [6, 6.07) is 16.1. The van der Waals surface area contributed by atoms with Crippen LogP contribution in [0.25, 0.3) is 10.1 Å². The Bertz CT molecular complexity index is 721. The van der Waals surface area contributed by atoms with Crippen LogP contribution in [0, 0.1) is 0 Å². The average molecular weight is 304 g/mol. The summed E-state index contributed by atoms with van der Waals surface area (Å²) in [7, 11) is 1.67. The van der Waals surface area contributed by atoms with Crippen LogP contribution in [0.3, 0.4) is 0 Å². The Morgan fingerprint density at radius 2 is 1.85 bits per heavy atom. The normalized spacial score (nSPS) is 10.7. The van der Waals surface area contributed by atoms with Gasteiger partial charge in [0.15, 0.2) is 0 Å². The predicted molar refractivity (Wildman–Crippen MR) is 87.2 cm³/mol. The van der Waals surface area contributed by atoms with Gasteiger partial charge in [0.1, 0.15) is 5.75 Å². The van der Waals surface area contributed by atoms with Gasteiger partial charge < -0.3 is 10.1 Å². The van der Waals surface area contributed by atoms with Crippen LogP contribution in [-0.2, 0) is 6.54 Å². The Kier molecular flexibility index (Phi) is 3.81. The molecule has 0 bridgehead atoms. The van der Waals surface area contributed by atoms with Gasteiger partial charge in [-0.05, 0) is 30.3 Å². The highest BCUT2D eigenvalue weighted by molar-refractivity contribution is 7.19. The van der Waals surface area contributed by atoms with Crippen molar-refractivity contribution >= 4 is 38.7 Å². The van der Waals surface area contributed by atoms with Crippen molar-refractivity contribution in [3.63, 3.8) is 0 Å². The molecule has 2 aromatic carbocycles. The second-order valence-electron chi connectivity index (χ2n) is 4.42. The van der Waals surface area contributed by atoms with Gasteiger partial charge in [0.25, 0.3) is 0 Å². The Labute approximate surface area is 127 Å². The van der Waals surface area contributed by atoms with E-state index in [1.54, 1.807) is 18.4 Å². The fourth-order valence-electron chi connectivity index (χ4n) is 2.07. The molecule has 4 heteroatoms. The van der Waals surface area contributed by atoms with Crippen LogP contribution >= 0.6 is 22.9 Å². The average Bonchev–Trinajstić information content (AvgIpc) is 2.83. The van der Waals surface area contributed by atoms with Crippen LogP contribution in [-0.4, -0.2) is 7.11 Å². The Morgan fingerprint density at radius 3 is 2.55 bits per heavy atom. The summed E-state index contributed by atoms with van der Waals surface area (Å²) in [4.78, 5) is 1.16. The van der Waals surface area contributed by atoms with Gasteiger partial charge in [0.05, 0.1) is 18.7 Å². The lowest BCUT2D eigenvalue weighted by Crippen LogP contribution is -1.97. The van der Waals surface area contributed by atoms with E-state index in [0.717, 1.165) is 33.3 Å². The Morgan fingerprint density at radius 1 is 1.10 bits per heavy atom. The van der Waals surface area contributed by atoms with Gasteiger partial charge in [-0.3, -0.25) is 0 Å². The van der Waals surface area contributed by atoms with E-state index in [0.29, 0.717) is 0 Å². The third-order valence-electron chi connectivity index (χ3n) is 3.14. The number of ether oxygens (including phenoxy) is 1. The molecule has 0 atom stereocenters. The highest BCUT2D eigenvalue weighted by Crippen LogP contribution is 2.35. The first-order chi connectivity index (χ1) is 9.78. The summed E-state index contributed by atoms with van der Waals surface area (Å²) >= 11 is 8.15. The molecule has 0 amide bonds. The van der Waals surface area contributed by atoms with Crippen LogP contribution in [0.1, 0.15) is 4.88 Å². The summed E-state index contributed by atoms with van der Waals surface area (Å²) < 4.78 is 6.37. The van der Waals surface area contributed by atoms with Gasteiger partial charge in [-0.25, -0.2) is 0 Å². The van der Waals surface area contributed by atoms with Gasteiger partial charge in [0, 0.05) is 20.7 Å². The van der Waals surface area contributed by atoms with E-state index in [1.807, 2.05) is 36.4 Å². The van der Waals surface area contributed by atoms with E-state index < -0.39 is 0 Å². The monoisotopic (exact) mass is 303 g/mol. The predicted octanol–water partition coefficient (Wildman–Crippen LogP) is 5.18. The van der Waals surface area contributed by atoms with E-state index in [2.05, 4.69) is 17.4 Å². The fourth-order valence-corrected chi connectivity index (χ4v) is 3.51. The molecule has 0 unspecified atom stereocenters. The number of methoxy groups -OCH3 is 1. The number of anilines is 1. The van der Waals surface area contributed by atoms with Crippen LogP contribution in [0.4, 0.5) is 5.69 Å². The summed E-state index contributed by atoms with van der Waals surface area (Å²) in [6.45, 7) is 0.727. The first-order valence-corrected chi connectivity index (χ1v) is 7.51. The van der Waals surface area contributed by atoms with Gasteiger partial charge in [-0.2, -0.15) is 0 Å². The number of hydrogen-bond acceptors (Lipinski definition) is 3. The number of benzene rings is 2. The summed E-state index contributed by atoms with van der Waals surface area (Å²) in [5.41, 5.74) is 1.05.